The quantitative estimate of drug-likeness (QED) is 0.529. The Morgan fingerprint density at radius 1 is 1.41 bits per heavy atom. The van der Waals surface area contributed by atoms with Crippen molar-refractivity contribution in [3.8, 4) is 0 Å². The third-order valence-corrected chi connectivity index (χ3v) is 2.09. The van der Waals surface area contributed by atoms with Crippen molar-refractivity contribution in [3.63, 3.8) is 0 Å². The highest BCUT2D eigenvalue weighted by atomic mass is 16.6. The van der Waals surface area contributed by atoms with Crippen molar-refractivity contribution >= 4 is 17.9 Å². The van der Waals surface area contributed by atoms with E-state index in [-0.39, 0.29) is 6.61 Å². The molecule has 0 aromatic heterocycles. The zero-order chi connectivity index (χ0) is 13.1. The molecule has 1 aliphatic heterocycles. The van der Waals surface area contributed by atoms with Crippen molar-refractivity contribution in [2.24, 2.45) is 5.41 Å². The second-order valence-electron chi connectivity index (χ2n) is 4.76. The third kappa shape index (κ3) is 4.05. The van der Waals surface area contributed by atoms with Crippen molar-refractivity contribution in [2.45, 2.75) is 33.3 Å². The largest absolute Gasteiger partial charge is 0.463 e. The Morgan fingerprint density at radius 2 is 2.06 bits per heavy atom. The smallest absolute Gasteiger partial charge is 0.347 e. The van der Waals surface area contributed by atoms with Crippen LogP contribution in [0.1, 0.15) is 27.2 Å². The van der Waals surface area contributed by atoms with E-state index in [2.05, 4.69) is 4.74 Å². The number of carbonyl (C=O) groups excluding carboxylic acids is 3. The van der Waals surface area contributed by atoms with Gasteiger partial charge in [-0.25, -0.2) is 9.59 Å². The molecule has 0 aromatic rings. The van der Waals surface area contributed by atoms with Crippen LogP contribution < -0.4 is 0 Å². The molecule has 1 fully saturated rings. The Bertz CT molecular complexity index is 327. The normalized spacial score (nSPS) is 19.7. The minimum atomic E-state index is -0.865. The van der Waals surface area contributed by atoms with Gasteiger partial charge in [0.25, 0.3) is 0 Å². The van der Waals surface area contributed by atoms with E-state index in [9.17, 15) is 14.4 Å². The van der Waals surface area contributed by atoms with Gasteiger partial charge in [-0.3, -0.25) is 4.79 Å². The molecule has 17 heavy (non-hydrogen) atoms. The zero-order valence-corrected chi connectivity index (χ0v) is 10.1. The molecule has 6 nitrogen and oxygen atoms in total. The molecule has 1 saturated heterocycles. The summed E-state index contributed by atoms with van der Waals surface area (Å²) in [5.74, 6) is -1.80. The number of hydrogen-bond acceptors (Lipinski definition) is 6. The van der Waals surface area contributed by atoms with Gasteiger partial charge in [0, 0.05) is 6.42 Å². The van der Waals surface area contributed by atoms with Gasteiger partial charge in [-0.2, -0.15) is 0 Å². The van der Waals surface area contributed by atoms with Crippen molar-refractivity contribution in [2.75, 3.05) is 13.2 Å². The van der Waals surface area contributed by atoms with Gasteiger partial charge in [-0.15, -0.1) is 0 Å². The average molecular weight is 244 g/mol. The lowest BCUT2D eigenvalue weighted by molar-refractivity contribution is -0.169. The van der Waals surface area contributed by atoms with Gasteiger partial charge >= 0.3 is 17.9 Å². The van der Waals surface area contributed by atoms with Crippen LogP contribution in [-0.2, 0) is 28.6 Å². The highest BCUT2D eigenvalue weighted by Crippen LogP contribution is 2.15. The van der Waals surface area contributed by atoms with Crippen LogP contribution in [0.3, 0.4) is 0 Å². The summed E-state index contributed by atoms with van der Waals surface area (Å²) in [6.07, 6.45) is -0.520. The Labute approximate surface area is 99.2 Å². The Kier molecular flexibility index (Phi) is 4.09. The number of esters is 3. The van der Waals surface area contributed by atoms with E-state index >= 15 is 0 Å². The number of carbonyl (C=O) groups is 3. The lowest BCUT2D eigenvalue weighted by Gasteiger charge is -2.16. The number of cyclic esters (lactones) is 1. The van der Waals surface area contributed by atoms with Crippen LogP contribution in [0.15, 0.2) is 0 Å². The fourth-order valence-electron chi connectivity index (χ4n) is 1.12. The van der Waals surface area contributed by atoms with E-state index in [0.717, 1.165) is 0 Å². The van der Waals surface area contributed by atoms with Crippen molar-refractivity contribution in [1.82, 2.24) is 0 Å². The van der Waals surface area contributed by atoms with Crippen LogP contribution in [0.2, 0.25) is 0 Å². The highest BCUT2D eigenvalue weighted by molar-refractivity contribution is 5.83. The van der Waals surface area contributed by atoms with Gasteiger partial charge in [-0.05, 0) is 20.8 Å². The summed E-state index contributed by atoms with van der Waals surface area (Å²) in [4.78, 5) is 33.6. The standard InChI is InChI=1S/C11H16O6/c1-11(2,3)10(14)16-6-8(12)17-7-4-5-15-9(7)13/h7H,4-6H2,1-3H3. The molecule has 1 heterocycles. The fourth-order valence-corrected chi connectivity index (χ4v) is 1.12. The van der Waals surface area contributed by atoms with Gasteiger partial charge in [0.15, 0.2) is 6.61 Å². The van der Waals surface area contributed by atoms with Crippen molar-refractivity contribution < 1.29 is 28.6 Å². The summed E-state index contributed by atoms with van der Waals surface area (Å²) in [6, 6.07) is 0. The fraction of sp³-hybridized carbons (Fsp3) is 0.727. The summed E-state index contributed by atoms with van der Waals surface area (Å²) in [6.45, 7) is 4.79. The number of ether oxygens (including phenoxy) is 3. The highest BCUT2D eigenvalue weighted by Gasteiger charge is 2.31. The van der Waals surface area contributed by atoms with Crippen LogP contribution in [0.5, 0.6) is 0 Å². The molecule has 1 unspecified atom stereocenters. The summed E-state index contributed by atoms with van der Waals surface area (Å²) in [7, 11) is 0. The van der Waals surface area contributed by atoms with Gasteiger partial charge < -0.3 is 14.2 Å². The molecular weight excluding hydrogens is 228 g/mol. The molecule has 1 rings (SSSR count). The molecule has 0 N–H and O–H groups in total. The predicted octanol–water partition coefficient (Wildman–Crippen LogP) is 0.434. The van der Waals surface area contributed by atoms with Gasteiger partial charge in [0.05, 0.1) is 12.0 Å². The van der Waals surface area contributed by atoms with E-state index < -0.39 is 36.0 Å². The van der Waals surface area contributed by atoms with Crippen molar-refractivity contribution in [3.05, 3.63) is 0 Å². The maximum absolute atomic E-state index is 11.3. The zero-order valence-electron chi connectivity index (χ0n) is 10.1. The maximum atomic E-state index is 11.3. The molecule has 0 aromatic carbocycles. The van der Waals surface area contributed by atoms with Gasteiger partial charge in [-0.1, -0.05) is 0 Å². The monoisotopic (exact) mass is 244 g/mol. The first-order chi connectivity index (χ1) is 7.80. The van der Waals surface area contributed by atoms with Crippen molar-refractivity contribution in [1.29, 1.82) is 0 Å². The number of hydrogen-bond donors (Lipinski definition) is 0. The Hall–Kier alpha value is -1.59. The first kappa shape index (κ1) is 13.5. The molecule has 6 heteroatoms. The minimum Gasteiger partial charge on any atom is -0.463 e. The molecule has 0 saturated carbocycles. The predicted molar refractivity (Wildman–Crippen MR) is 55.9 cm³/mol. The summed E-state index contributed by atoms with van der Waals surface area (Å²) in [5, 5.41) is 0. The van der Waals surface area contributed by atoms with E-state index in [1.165, 1.54) is 0 Å². The summed E-state index contributed by atoms with van der Waals surface area (Å²) < 4.78 is 14.2. The molecule has 0 aliphatic carbocycles. The molecule has 1 aliphatic rings. The number of rotatable bonds is 3. The molecule has 0 bridgehead atoms. The van der Waals surface area contributed by atoms with Crippen LogP contribution in [-0.4, -0.2) is 37.2 Å². The minimum absolute atomic E-state index is 0.249. The average Bonchev–Trinajstić information content (AvgIpc) is 2.59. The first-order valence-electron chi connectivity index (χ1n) is 5.34. The Balaban J connectivity index is 2.31. The molecule has 0 radical (unpaired) electrons. The SMILES string of the molecule is CC(C)(C)C(=O)OCC(=O)OC1CCOC1=O. The lowest BCUT2D eigenvalue weighted by Crippen LogP contribution is -2.29. The lowest BCUT2D eigenvalue weighted by atomic mass is 9.97. The van der Waals surface area contributed by atoms with Gasteiger partial charge in [0.1, 0.15) is 0 Å². The molecular formula is C11H16O6. The first-order valence-corrected chi connectivity index (χ1v) is 5.34. The van der Waals surface area contributed by atoms with Gasteiger partial charge in [0.2, 0.25) is 6.10 Å². The van der Waals surface area contributed by atoms with E-state index in [0.29, 0.717) is 6.42 Å². The van der Waals surface area contributed by atoms with Crippen LogP contribution in [0.4, 0.5) is 0 Å². The molecule has 1 atom stereocenters. The van der Waals surface area contributed by atoms with E-state index in [1.54, 1.807) is 20.8 Å². The van der Waals surface area contributed by atoms with Crippen LogP contribution in [0, 0.1) is 5.41 Å². The summed E-state index contributed by atoms with van der Waals surface area (Å²) in [5.41, 5.74) is -0.674. The summed E-state index contributed by atoms with van der Waals surface area (Å²) >= 11 is 0. The van der Waals surface area contributed by atoms with E-state index in [1.807, 2.05) is 0 Å². The van der Waals surface area contributed by atoms with E-state index in [4.69, 9.17) is 9.47 Å². The van der Waals surface area contributed by atoms with Crippen LogP contribution in [0.25, 0.3) is 0 Å². The Morgan fingerprint density at radius 3 is 2.53 bits per heavy atom. The van der Waals surface area contributed by atoms with Crippen LogP contribution >= 0.6 is 0 Å². The topological polar surface area (TPSA) is 78.9 Å². The molecule has 0 spiro atoms. The molecule has 96 valence electrons. The third-order valence-electron chi connectivity index (χ3n) is 2.09. The molecule has 0 amide bonds. The maximum Gasteiger partial charge on any atom is 0.347 e. The second kappa shape index (κ2) is 5.16. The second-order valence-corrected chi connectivity index (χ2v) is 4.76.